The van der Waals surface area contributed by atoms with Gasteiger partial charge in [-0.15, -0.1) is 0 Å². The number of aryl methyl sites for hydroxylation is 1. The van der Waals surface area contributed by atoms with E-state index < -0.39 is 0 Å². The number of hydrogen-bond acceptors (Lipinski definition) is 4. The first-order chi connectivity index (χ1) is 10.1. The van der Waals surface area contributed by atoms with Crippen molar-refractivity contribution in [1.82, 2.24) is 0 Å². The van der Waals surface area contributed by atoms with Gasteiger partial charge in [-0.05, 0) is 32.0 Å². The molecule has 1 aliphatic rings. The smallest absolute Gasteiger partial charge is 0.163 e. The van der Waals surface area contributed by atoms with E-state index in [1.807, 2.05) is 44.2 Å². The lowest BCUT2D eigenvalue weighted by Gasteiger charge is -2.21. The van der Waals surface area contributed by atoms with Crippen LogP contribution in [-0.2, 0) is 0 Å². The van der Waals surface area contributed by atoms with E-state index in [2.05, 4.69) is 5.32 Å². The van der Waals surface area contributed by atoms with E-state index in [0.29, 0.717) is 19.0 Å². The minimum Gasteiger partial charge on any atom is -0.508 e. The van der Waals surface area contributed by atoms with Crippen LogP contribution in [0.3, 0.4) is 0 Å². The highest BCUT2D eigenvalue weighted by atomic mass is 16.6. The molecular formula is C17H19NO3. The van der Waals surface area contributed by atoms with Crippen LogP contribution in [-0.4, -0.2) is 18.3 Å². The third kappa shape index (κ3) is 2.89. The van der Waals surface area contributed by atoms with E-state index in [-0.39, 0.29) is 6.04 Å². The van der Waals surface area contributed by atoms with Crippen LogP contribution in [0.5, 0.6) is 17.2 Å². The molecule has 2 aromatic carbocycles. The minimum absolute atomic E-state index is 0.00698. The molecule has 0 aliphatic carbocycles. The molecule has 0 spiro atoms. The first-order valence-corrected chi connectivity index (χ1v) is 7.09. The first kappa shape index (κ1) is 13.6. The van der Waals surface area contributed by atoms with Gasteiger partial charge in [0, 0.05) is 17.3 Å². The SMILES string of the molecule is Cc1ccc(O)c(C(C)Nc2ccc3c(c2)OCCO3)c1. The first-order valence-electron chi connectivity index (χ1n) is 7.09. The monoisotopic (exact) mass is 285 g/mol. The van der Waals surface area contributed by atoms with Crippen molar-refractivity contribution in [2.75, 3.05) is 18.5 Å². The fourth-order valence-electron chi connectivity index (χ4n) is 2.48. The van der Waals surface area contributed by atoms with E-state index in [0.717, 1.165) is 28.3 Å². The number of phenolic OH excluding ortho intramolecular Hbond substituents is 1. The molecule has 0 saturated heterocycles. The predicted octanol–water partition coefficient (Wildman–Crippen LogP) is 3.64. The van der Waals surface area contributed by atoms with Gasteiger partial charge in [0.25, 0.3) is 0 Å². The number of rotatable bonds is 3. The van der Waals surface area contributed by atoms with Crippen LogP contribution in [0.2, 0.25) is 0 Å². The summed E-state index contributed by atoms with van der Waals surface area (Å²) >= 11 is 0. The van der Waals surface area contributed by atoms with Gasteiger partial charge in [0.15, 0.2) is 11.5 Å². The standard InChI is InChI=1S/C17H19NO3/c1-11-3-5-15(19)14(9-11)12(2)18-13-4-6-16-17(10-13)21-8-7-20-16/h3-6,9-10,12,18-19H,7-8H2,1-2H3. The number of benzene rings is 2. The molecule has 1 aliphatic heterocycles. The van der Waals surface area contributed by atoms with Gasteiger partial charge >= 0.3 is 0 Å². The summed E-state index contributed by atoms with van der Waals surface area (Å²) in [6.07, 6.45) is 0. The van der Waals surface area contributed by atoms with E-state index >= 15 is 0 Å². The van der Waals surface area contributed by atoms with Crippen molar-refractivity contribution in [2.45, 2.75) is 19.9 Å². The topological polar surface area (TPSA) is 50.7 Å². The molecule has 2 aromatic rings. The van der Waals surface area contributed by atoms with Gasteiger partial charge < -0.3 is 19.9 Å². The summed E-state index contributed by atoms with van der Waals surface area (Å²) in [4.78, 5) is 0. The Morgan fingerprint density at radius 2 is 1.81 bits per heavy atom. The van der Waals surface area contributed by atoms with Gasteiger partial charge in [-0.1, -0.05) is 17.7 Å². The van der Waals surface area contributed by atoms with Crippen LogP contribution in [0, 0.1) is 6.92 Å². The molecule has 1 heterocycles. The lowest BCUT2D eigenvalue weighted by atomic mass is 10.0. The number of ether oxygens (including phenoxy) is 2. The number of hydrogen-bond donors (Lipinski definition) is 2. The highest BCUT2D eigenvalue weighted by molar-refractivity contribution is 5.56. The lowest BCUT2D eigenvalue weighted by Crippen LogP contribution is -2.15. The number of aromatic hydroxyl groups is 1. The lowest BCUT2D eigenvalue weighted by molar-refractivity contribution is 0.171. The average molecular weight is 285 g/mol. The zero-order valence-corrected chi connectivity index (χ0v) is 12.2. The molecule has 110 valence electrons. The summed E-state index contributed by atoms with van der Waals surface area (Å²) in [5, 5.41) is 13.4. The average Bonchev–Trinajstić information content (AvgIpc) is 2.49. The zero-order valence-electron chi connectivity index (χ0n) is 12.2. The molecule has 0 radical (unpaired) electrons. The molecule has 0 bridgehead atoms. The van der Waals surface area contributed by atoms with Gasteiger partial charge in [-0.3, -0.25) is 0 Å². The van der Waals surface area contributed by atoms with Crippen LogP contribution >= 0.6 is 0 Å². The Balaban J connectivity index is 1.81. The molecule has 0 fully saturated rings. The summed E-state index contributed by atoms with van der Waals surface area (Å²) in [5.74, 6) is 1.84. The van der Waals surface area contributed by atoms with E-state index in [9.17, 15) is 5.11 Å². The van der Waals surface area contributed by atoms with Crippen molar-refractivity contribution in [2.24, 2.45) is 0 Å². The largest absolute Gasteiger partial charge is 0.508 e. The Labute approximate surface area is 124 Å². The van der Waals surface area contributed by atoms with Crippen molar-refractivity contribution in [1.29, 1.82) is 0 Å². The summed E-state index contributed by atoms with van der Waals surface area (Å²) in [6, 6.07) is 11.4. The van der Waals surface area contributed by atoms with Crippen molar-refractivity contribution in [3.8, 4) is 17.2 Å². The van der Waals surface area contributed by atoms with Crippen molar-refractivity contribution < 1.29 is 14.6 Å². The van der Waals surface area contributed by atoms with E-state index in [1.165, 1.54) is 0 Å². The number of anilines is 1. The zero-order chi connectivity index (χ0) is 14.8. The summed E-state index contributed by atoms with van der Waals surface area (Å²) < 4.78 is 11.1. The highest BCUT2D eigenvalue weighted by Crippen LogP contribution is 2.34. The van der Waals surface area contributed by atoms with Crippen molar-refractivity contribution in [3.05, 3.63) is 47.5 Å². The molecule has 21 heavy (non-hydrogen) atoms. The molecule has 4 heteroatoms. The Hall–Kier alpha value is -2.36. The summed E-state index contributed by atoms with van der Waals surface area (Å²) in [6.45, 7) is 5.20. The van der Waals surface area contributed by atoms with Crippen molar-refractivity contribution >= 4 is 5.69 Å². The second-order valence-electron chi connectivity index (χ2n) is 5.29. The van der Waals surface area contributed by atoms with Crippen LogP contribution in [0.1, 0.15) is 24.1 Å². The normalized spacial score (nSPS) is 14.6. The van der Waals surface area contributed by atoms with E-state index in [4.69, 9.17) is 9.47 Å². The fourth-order valence-corrected chi connectivity index (χ4v) is 2.48. The second kappa shape index (κ2) is 5.56. The molecule has 3 rings (SSSR count). The van der Waals surface area contributed by atoms with Gasteiger partial charge in [0.1, 0.15) is 19.0 Å². The third-order valence-corrected chi connectivity index (χ3v) is 3.57. The maximum Gasteiger partial charge on any atom is 0.163 e. The van der Waals surface area contributed by atoms with Crippen LogP contribution in [0.4, 0.5) is 5.69 Å². The molecule has 1 unspecified atom stereocenters. The minimum atomic E-state index is -0.00698. The van der Waals surface area contributed by atoms with Crippen LogP contribution < -0.4 is 14.8 Å². The van der Waals surface area contributed by atoms with Gasteiger partial charge in [-0.25, -0.2) is 0 Å². The summed E-state index contributed by atoms with van der Waals surface area (Å²) in [5.41, 5.74) is 2.94. The maximum atomic E-state index is 9.99. The molecule has 4 nitrogen and oxygen atoms in total. The predicted molar refractivity (Wildman–Crippen MR) is 82.3 cm³/mol. The van der Waals surface area contributed by atoms with Gasteiger partial charge in [0.2, 0.25) is 0 Å². The third-order valence-electron chi connectivity index (χ3n) is 3.57. The Morgan fingerprint density at radius 3 is 2.62 bits per heavy atom. The molecule has 1 atom stereocenters. The fraction of sp³-hybridized carbons (Fsp3) is 0.294. The van der Waals surface area contributed by atoms with Crippen LogP contribution in [0.25, 0.3) is 0 Å². The molecule has 2 N–H and O–H groups in total. The number of phenols is 1. The number of nitrogens with one attached hydrogen (secondary N) is 1. The highest BCUT2D eigenvalue weighted by Gasteiger charge is 2.14. The molecule has 0 saturated carbocycles. The Kier molecular flexibility index (Phi) is 3.60. The Morgan fingerprint density at radius 1 is 1.05 bits per heavy atom. The maximum absolute atomic E-state index is 9.99. The quantitative estimate of drug-likeness (QED) is 0.904. The second-order valence-corrected chi connectivity index (χ2v) is 5.29. The summed E-state index contributed by atoms with van der Waals surface area (Å²) in [7, 11) is 0. The van der Waals surface area contributed by atoms with Gasteiger partial charge in [0.05, 0.1) is 6.04 Å². The molecular weight excluding hydrogens is 266 g/mol. The van der Waals surface area contributed by atoms with Gasteiger partial charge in [-0.2, -0.15) is 0 Å². The number of fused-ring (bicyclic) bond motifs is 1. The molecule has 0 aromatic heterocycles. The van der Waals surface area contributed by atoms with Crippen LogP contribution in [0.15, 0.2) is 36.4 Å². The molecule has 0 amide bonds. The van der Waals surface area contributed by atoms with Crippen molar-refractivity contribution in [3.63, 3.8) is 0 Å². The van der Waals surface area contributed by atoms with E-state index in [1.54, 1.807) is 6.07 Å². The Bertz CT molecular complexity index is 654.